The van der Waals surface area contributed by atoms with Gasteiger partial charge in [-0.05, 0) is 30.7 Å². The van der Waals surface area contributed by atoms with Gasteiger partial charge in [0.1, 0.15) is 41.3 Å². The second-order valence-electron chi connectivity index (χ2n) is 6.47. The summed E-state index contributed by atoms with van der Waals surface area (Å²) in [6.45, 7) is 1.81. The number of rotatable bonds is 5. The van der Waals surface area contributed by atoms with Crippen molar-refractivity contribution in [2.45, 2.75) is 13.5 Å². The molecule has 0 atom stereocenters. The van der Waals surface area contributed by atoms with Crippen molar-refractivity contribution in [2.24, 2.45) is 0 Å². The van der Waals surface area contributed by atoms with Gasteiger partial charge in [-0.25, -0.2) is 4.79 Å². The Morgan fingerprint density at radius 1 is 1.07 bits per heavy atom. The fourth-order valence-electron chi connectivity index (χ4n) is 3.10. The van der Waals surface area contributed by atoms with Crippen LogP contribution in [0, 0.1) is 6.92 Å². The Morgan fingerprint density at radius 2 is 1.86 bits per heavy atom. The predicted molar refractivity (Wildman–Crippen MR) is 107 cm³/mol. The summed E-state index contributed by atoms with van der Waals surface area (Å²) in [6, 6.07) is 16.0. The summed E-state index contributed by atoms with van der Waals surface area (Å²) < 4.78 is 21.6. The number of aryl methyl sites for hydroxylation is 1. The number of fused-ring (bicyclic) bond motifs is 1. The molecular formula is C23H18O6. The van der Waals surface area contributed by atoms with Crippen molar-refractivity contribution in [3.05, 3.63) is 88.2 Å². The molecule has 0 aliphatic rings. The number of ether oxygens (including phenoxy) is 2. The highest BCUT2D eigenvalue weighted by Gasteiger charge is 2.16. The van der Waals surface area contributed by atoms with Crippen molar-refractivity contribution in [3.63, 3.8) is 0 Å². The minimum Gasteiger partial charge on any atom is -0.486 e. The third-order valence-corrected chi connectivity index (χ3v) is 4.59. The molecule has 0 spiro atoms. The van der Waals surface area contributed by atoms with E-state index in [-0.39, 0.29) is 12.0 Å². The summed E-state index contributed by atoms with van der Waals surface area (Å²) in [5.41, 5.74) is 2.00. The summed E-state index contributed by atoms with van der Waals surface area (Å²) in [6.07, 6.45) is 1.46. The molecule has 6 nitrogen and oxygen atoms in total. The van der Waals surface area contributed by atoms with Gasteiger partial charge in [0.15, 0.2) is 5.43 Å². The van der Waals surface area contributed by atoms with E-state index in [1.54, 1.807) is 31.2 Å². The van der Waals surface area contributed by atoms with Crippen molar-refractivity contribution in [1.29, 1.82) is 0 Å². The molecule has 0 N–H and O–H groups in total. The smallest absolute Gasteiger partial charge is 0.341 e. The van der Waals surface area contributed by atoms with Gasteiger partial charge in [0, 0.05) is 6.07 Å². The third kappa shape index (κ3) is 3.65. The van der Waals surface area contributed by atoms with Gasteiger partial charge in [-0.15, -0.1) is 0 Å². The summed E-state index contributed by atoms with van der Waals surface area (Å²) in [5.74, 6) is 1.01. The average Bonchev–Trinajstić information content (AvgIpc) is 3.13. The van der Waals surface area contributed by atoms with E-state index in [1.165, 1.54) is 13.4 Å². The first-order chi connectivity index (χ1) is 14.1. The molecule has 4 rings (SSSR count). The van der Waals surface area contributed by atoms with E-state index < -0.39 is 5.97 Å². The molecule has 0 amide bonds. The van der Waals surface area contributed by atoms with Crippen LogP contribution in [0.3, 0.4) is 0 Å². The zero-order chi connectivity index (χ0) is 20.4. The van der Waals surface area contributed by atoms with Gasteiger partial charge in [0.25, 0.3) is 0 Å². The molecule has 146 valence electrons. The number of hydrogen-bond donors (Lipinski definition) is 0. The molecule has 6 heteroatoms. The van der Waals surface area contributed by atoms with Crippen LogP contribution in [0.2, 0.25) is 0 Å². The van der Waals surface area contributed by atoms with Crippen molar-refractivity contribution in [2.75, 3.05) is 7.11 Å². The van der Waals surface area contributed by atoms with Gasteiger partial charge in [-0.1, -0.05) is 30.3 Å². The van der Waals surface area contributed by atoms with E-state index >= 15 is 0 Å². The van der Waals surface area contributed by atoms with E-state index in [0.717, 1.165) is 5.56 Å². The molecule has 29 heavy (non-hydrogen) atoms. The van der Waals surface area contributed by atoms with Crippen LogP contribution < -0.4 is 10.2 Å². The van der Waals surface area contributed by atoms with Crippen LogP contribution in [0.15, 0.2) is 74.5 Å². The van der Waals surface area contributed by atoms with Crippen molar-refractivity contribution >= 4 is 16.9 Å². The summed E-state index contributed by atoms with van der Waals surface area (Å²) in [5, 5.41) is 0.473. The lowest BCUT2D eigenvalue weighted by atomic mass is 10.1. The highest BCUT2D eigenvalue weighted by molar-refractivity contribution is 5.90. The Morgan fingerprint density at radius 3 is 2.62 bits per heavy atom. The largest absolute Gasteiger partial charge is 0.486 e. The predicted octanol–water partition coefficient (Wildman–Crippen LogP) is 4.73. The van der Waals surface area contributed by atoms with E-state index in [4.69, 9.17) is 18.3 Å². The average molecular weight is 390 g/mol. The molecule has 0 bridgehead atoms. The monoisotopic (exact) mass is 390 g/mol. The summed E-state index contributed by atoms with van der Waals surface area (Å²) >= 11 is 0. The third-order valence-electron chi connectivity index (χ3n) is 4.59. The normalized spacial score (nSPS) is 10.8. The quantitative estimate of drug-likeness (QED) is 0.459. The van der Waals surface area contributed by atoms with Gasteiger partial charge in [-0.2, -0.15) is 0 Å². The van der Waals surface area contributed by atoms with Gasteiger partial charge >= 0.3 is 5.97 Å². The van der Waals surface area contributed by atoms with Gasteiger partial charge in [0.05, 0.1) is 18.1 Å². The fourth-order valence-corrected chi connectivity index (χ4v) is 3.10. The second-order valence-corrected chi connectivity index (χ2v) is 6.47. The molecule has 4 aromatic rings. The number of carbonyl (C=O) groups excluding carboxylic acids is 1. The molecule has 0 fully saturated rings. The Balaban J connectivity index is 1.57. The number of esters is 1. The standard InChI is InChI=1S/C23H18O6/c1-14-19(23(25)26-2)10-17(29-14)12-27-16-8-9-18-21(11-16)28-13-20(22(18)24)15-6-4-3-5-7-15/h3-11,13H,12H2,1-2H3. The fraction of sp³-hybridized carbons (Fsp3) is 0.130. The molecule has 0 aliphatic carbocycles. The number of furan rings is 1. The van der Waals surface area contributed by atoms with Crippen LogP contribution in [-0.2, 0) is 11.3 Å². The van der Waals surface area contributed by atoms with E-state index in [2.05, 4.69) is 0 Å². The summed E-state index contributed by atoms with van der Waals surface area (Å²) in [4.78, 5) is 24.5. The molecule has 0 unspecified atom stereocenters. The number of methoxy groups -OCH3 is 1. The van der Waals surface area contributed by atoms with Crippen LogP contribution in [0.4, 0.5) is 0 Å². The topological polar surface area (TPSA) is 78.9 Å². The Labute approximate surface area is 166 Å². The second kappa shape index (κ2) is 7.67. The van der Waals surface area contributed by atoms with Crippen molar-refractivity contribution in [3.8, 4) is 16.9 Å². The zero-order valence-corrected chi connectivity index (χ0v) is 15.9. The minimum atomic E-state index is -0.459. The Kier molecular flexibility index (Phi) is 4.91. The minimum absolute atomic E-state index is 0.103. The number of benzene rings is 2. The Hall–Kier alpha value is -3.80. The number of carbonyl (C=O) groups is 1. The maximum absolute atomic E-state index is 12.8. The number of hydrogen-bond acceptors (Lipinski definition) is 6. The van der Waals surface area contributed by atoms with Crippen LogP contribution in [0.1, 0.15) is 21.9 Å². The first-order valence-corrected chi connectivity index (χ1v) is 8.98. The van der Waals surface area contributed by atoms with E-state index in [9.17, 15) is 9.59 Å². The molecule has 2 heterocycles. The van der Waals surface area contributed by atoms with Crippen LogP contribution in [-0.4, -0.2) is 13.1 Å². The van der Waals surface area contributed by atoms with Gasteiger partial charge in [0.2, 0.25) is 0 Å². The SMILES string of the molecule is COC(=O)c1cc(COc2ccc3c(=O)c(-c4ccccc4)coc3c2)oc1C. The first kappa shape index (κ1) is 18.6. The van der Waals surface area contributed by atoms with Crippen LogP contribution in [0.25, 0.3) is 22.1 Å². The van der Waals surface area contributed by atoms with Crippen molar-refractivity contribution < 1.29 is 23.1 Å². The van der Waals surface area contributed by atoms with Crippen LogP contribution >= 0.6 is 0 Å². The molecular weight excluding hydrogens is 372 g/mol. The maximum atomic E-state index is 12.8. The highest BCUT2D eigenvalue weighted by Crippen LogP contribution is 2.24. The molecule has 0 saturated carbocycles. The van der Waals surface area contributed by atoms with Gasteiger partial charge in [-0.3, -0.25) is 4.79 Å². The summed E-state index contributed by atoms with van der Waals surface area (Å²) in [7, 11) is 1.32. The highest BCUT2D eigenvalue weighted by atomic mass is 16.5. The molecule has 0 aliphatic heterocycles. The van der Waals surface area contributed by atoms with Crippen molar-refractivity contribution in [1.82, 2.24) is 0 Å². The van der Waals surface area contributed by atoms with E-state index in [0.29, 0.717) is 39.4 Å². The lowest BCUT2D eigenvalue weighted by molar-refractivity contribution is 0.0599. The first-order valence-electron chi connectivity index (χ1n) is 8.98. The molecule has 0 saturated heterocycles. The zero-order valence-electron chi connectivity index (χ0n) is 15.9. The lowest BCUT2D eigenvalue weighted by Gasteiger charge is -2.06. The van der Waals surface area contributed by atoms with Gasteiger partial charge < -0.3 is 18.3 Å². The molecule has 0 radical (unpaired) electrons. The van der Waals surface area contributed by atoms with E-state index in [1.807, 2.05) is 30.3 Å². The molecule has 2 aromatic carbocycles. The lowest BCUT2D eigenvalue weighted by Crippen LogP contribution is -2.05. The Bertz CT molecular complexity index is 1230. The van der Waals surface area contributed by atoms with Crippen LogP contribution in [0.5, 0.6) is 5.75 Å². The molecule has 2 aromatic heterocycles. The maximum Gasteiger partial charge on any atom is 0.341 e.